The summed E-state index contributed by atoms with van der Waals surface area (Å²) in [5.74, 6) is 1.15. The number of amidine groups is 1. The molecule has 74 valence electrons. The van der Waals surface area contributed by atoms with Gasteiger partial charge in [-0.1, -0.05) is 13.0 Å². The van der Waals surface area contributed by atoms with Crippen molar-refractivity contribution in [2.24, 2.45) is 15.9 Å². The van der Waals surface area contributed by atoms with E-state index in [1.807, 2.05) is 13.0 Å². The fourth-order valence-electron chi connectivity index (χ4n) is 0.814. The second-order valence-electron chi connectivity index (χ2n) is 3.21. The summed E-state index contributed by atoms with van der Waals surface area (Å²) in [7, 11) is 1.70. The number of hydrogen-bond donors (Lipinski definition) is 1. The second-order valence-corrected chi connectivity index (χ2v) is 3.21. The number of nitrogens with one attached hydrogen (secondary N) is 1. The van der Waals surface area contributed by atoms with Crippen molar-refractivity contribution < 1.29 is 0 Å². The van der Waals surface area contributed by atoms with Gasteiger partial charge in [0.1, 0.15) is 12.2 Å². The summed E-state index contributed by atoms with van der Waals surface area (Å²) in [6, 6.07) is 0.381. The molecule has 0 aromatic carbocycles. The van der Waals surface area contributed by atoms with Crippen molar-refractivity contribution >= 4 is 12.2 Å². The van der Waals surface area contributed by atoms with Crippen molar-refractivity contribution in [1.29, 1.82) is 0 Å². The molecule has 1 N–H and O–H groups in total. The average Bonchev–Trinajstić information content (AvgIpc) is 2.10. The Balaban J connectivity index is 4.44. The van der Waals surface area contributed by atoms with E-state index in [0.717, 1.165) is 5.84 Å². The van der Waals surface area contributed by atoms with Crippen LogP contribution in [0.2, 0.25) is 0 Å². The predicted molar refractivity (Wildman–Crippen MR) is 59.5 cm³/mol. The first-order chi connectivity index (χ1) is 6.11. The molecule has 1 unspecified atom stereocenters. The van der Waals surface area contributed by atoms with Crippen LogP contribution in [0, 0.1) is 5.92 Å². The highest BCUT2D eigenvalue weighted by Crippen LogP contribution is 1.98. The Labute approximate surface area is 80.7 Å². The van der Waals surface area contributed by atoms with E-state index in [4.69, 9.17) is 0 Å². The number of aliphatic imine (C=N–C) groups is 2. The van der Waals surface area contributed by atoms with E-state index in [0.29, 0.717) is 6.04 Å². The topological polar surface area (TPSA) is 36.8 Å². The van der Waals surface area contributed by atoms with E-state index < -0.39 is 0 Å². The monoisotopic (exact) mass is 181 g/mol. The van der Waals surface area contributed by atoms with Crippen LogP contribution in [0.4, 0.5) is 0 Å². The van der Waals surface area contributed by atoms with Gasteiger partial charge in [0.15, 0.2) is 0 Å². The van der Waals surface area contributed by atoms with Crippen LogP contribution < -0.4 is 5.32 Å². The van der Waals surface area contributed by atoms with E-state index in [1.54, 1.807) is 13.4 Å². The Bertz CT molecular complexity index is 204. The molecule has 0 radical (unpaired) electrons. The van der Waals surface area contributed by atoms with Crippen LogP contribution in [0.5, 0.6) is 0 Å². The van der Waals surface area contributed by atoms with E-state index in [-0.39, 0.29) is 5.92 Å². The molecule has 0 rings (SSSR count). The fraction of sp³-hybridized carbons (Fsp3) is 0.600. The zero-order chi connectivity index (χ0) is 10.3. The van der Waals surface area contributed by atoms with E-state index in [2.05, 4.69) is 35.7 Å². The van der Waals surface area contributed by atoms with Gasteiger partial charge in [-0.3, -0.25) is 4.99 Å². The molecular weight excluding hydrogens is 162 g/mol. The Kier molecular flexibility index (Phi) is 5.85. The van der Waals surface area contributed by atoms with Crippen LogP contribution in [0.3, 0.4) is 0 Å². The van der Waals surface area contributed by atoms with Crippen LogP contribution in [0.25, 0.3) is 0 Å². The fourth-order valence-corrected chi connectivity index (χ4v) is 0.814. The van der Waals surface area contributed by atoms with Crippen molar-refractivity contribution in [2.45, 2.75) is 26.8 Å². The van der Waals surface area contributed by atoms with Gasteiger partial charge in [0.25, 0.3) is 0 Å². The van der Waals surface area contributed by atoms with Crippen LogP contribution in [0.1, 0.15) is 20.8 Å². The van der Waals surface area contributed by atoms with Crippen molar-refractivity contribution in [3.8, 4) is 0 Å². The molecule has 3 nitrogen and oxygen atoms in total. The number of rotatable bonds is 4. The van der Waals surface area contributed by atoms with Gasteiger partial charge in [0, 0.05) is 19.0 Å². The minimum absolute atomic E-state index is 0.236. The molecule has 0 saturated carbocycles. The summed E-state index contributed by atoms with van der Waals surface area (Å²) >= 11 is 0. The van der Waals surface area contributed by atoms with Crippen molar-refractivity contribution in [3.05, 3.63) is 12.7 Å². The zero-order valence-corrected chi connectivity index (χ0v) is 8.91. The molecule has 0 aromatic rings. The summed E-state index contributed by atoms with van der Waals surface area (Å²) < 4.78 is 0. The first-order valence-electron chi connectivity index (χ1n) is 4.49. The number of nitrogens with zero attached hydrogens (tertiary/aromatic N) is 2. The minimum Gasteiger partial charge on any atom is -0.371 e. The van der Waals surface area contributed by atoms with Gasteiger partial charge in [-0.05, 0) is 13.8 Å². The molecule has 13 heavy (non-hydrogen) atoms. The van der Waals surface area contributed by atoms with Gasteiger partial charge in [0.2, 0.25) is 0 Å². The maximum absolute atomic E-state index is 4.20. The summed E-state index contributed by atoms with van der Waals surface area (Å²) in [5.41, 5.74) is 0. The molecular formula is C10H19N3. The second kappa shape index (κ2) is 6.40. The lowest BCUT2D eigenvalue weighted by molar-refractivity contribution is 0.707. The summed E-state index contributed by atoms with van der Waals surface area (Å²) in [5, 5.41) is 3.25. The quantitative estimate of drug-likeness (QED) is 0.401. The molecule has 1 atom stereocenters. The highest BCUT2D eigenvalue weighted by Gasteiger charge is 2.06. The third-order valence-corrected chi connectivity index (χ3v) is 1.53. The SMILES string of the molecule is C=CC(C)/C(=N\C=N/C)NC(C)C. The summed E-state index contributed by atoms with van der Waals surface area (Å²) in [6.45, 7) is 9.93. The van der Waals surface area contributed by atoms with Gasteiger partial charge in [-0.25, -0.2) is 4.99 Å². The lowest BCUT2D eigenvalue weighted by Gasteiger charge is -2.15. The largest absolute Gasteiger partial charge is 0.371 e. The van der Waals surface area contributed by atoms with Crippen LogP contribution in [-0.2, 0) is 0 Å². The standard InChI is InChI=1S/C10H19N3/c1-6-9(4)10(12-7-11-5)13-8(2)3/h6-9H,1H2,2-5H3,(H,11,12,13). The zero-order valence-electron chi connectivity index (χ0n) is 8.91. The normalized spacial score (nSPS) is 15.0. The van der Waals surface area contributed by atoms with E-state index in [9.17, 15) is 0 Å². The molecule has 0 bridgehead atoms. The highest BCUT2D eigenvalue weighted by molar-refractivity contribution is 5.91. The minimum atomic E-state index is 0.236. The van der Waals surface area contributed by atoms with Gasteiger partial charge in [0.05, 0.1) is 0 Å². The third kappa shape index (κ3) is 5.17. The van der Waals surface area contributed by atoms with Crippen LogP contribution >= 0.6 is 0 Å². The first kappa shape index (κ1) is 11.9. The van der Waals surface area contributed by atoms with Crippen LogP contribution in [0.15, 0.2) is 22.6 Å². The van der Waals surface area contributed by atoms with Gasteiger partial charge >= 0.3 is 0 Å². The first-order valence-corrected chi connectivity index (χ1v) is 4.49. The maximum atomic E-state index is 4.20. The molecule has 0 spiro atoms. The maximum Gasteiger partial charge on any atom is 0.111 e. The van der Waals surface area contributed by atoms with Crippen LogP contribution in [-0.4, -0.2) is 25.3 Å². The Morgan fingerprint density at radius 2 is 2.00 bits per heavy atom. The van der Waals surface area contributed by atoms with Crippen molar-refractivity contribution in [2.75, 3.05) is 7.05 Å². The predicted octanol–water partition coefficient (Wildman–Crippen LogP) is 1.86. The van der Waals surface area contributed by atoms with E-state index >= 15 is 0 Å². The molecule has 0 saturated heterocycles. The molecule has 0 aliphatic carbocycles. The van der Waals surface area contributed by atoms with Gasteiger partial charge < -0.3 is 5.32 Å². The number of hydrogen-bond acceptors (Lipinski definition) is 1. The summed E-state index contributed by atoms with van der Waals surface area (Å²) in [4.78, 5) is 8.01. The molecule has 0 heterocycles. The lowest BCUT2D eigenvalue weighted by atomic mass is 10.1. The van der Waals surface area contributed by atoms with Crippen molar-refractivity contribution in [3.63, 3.8) is 0 Å². The van der Waals surface area contributed by atoms with E-state index in [1.165, 1.54) is 0 Å². The third-order valence-electron chi connectivity index (χ3n) is 1.53. The van der Waals surface area contributed by atoms with Crippen molar-refractivity contribution in [1.82, 2.24) is 5.32 Å². The molecule has 0 aromatic heterocycles. The Hall–Kier alpha value is -1.12. The smallest absolute Gasteiger partial charge is 0.111 e. The molecule has 0 aliphatic heterocycles. The van der Waals surface area contributed by atoms with Gasteiger partial charge in [-0.2, -0.15) is 0 Å². The Morgan fingerprint density at radius 1 is 1.38 bits per heavy atom. The molecule has 0 aliphatic rings. The Morgan fingerprint density at radius 3 is 2.38 bits per heavy atom. The van der Waals surface area contributed by atoms with Gasteiger partial charge in [-0.15, -0.1) is 6.58 Å². The highest BCUT2D eigenvalue weighted by atomic mass is 15.0. The summed E-state index contributed by atoms with van der Waals surface area (Å²) in [6.07, 6.45) is 3.41. The lowest BCUT2D eigenvalue weighted by Crippen LogP contribution is -2.34. The average molecular weight is 181 g/mol. The molecule has 0 fully saturated rings. The molecule has 3 heteroatoms. The molecule has 0 amide bonds.